The Balaban J connectivity index is 1.88. The van der Waals surface area contributed by atoms with Crippen molar-refractivity contribution in [1.29, 1.82) is 0 Å². The van der Waals surface area contributed by atoms with Crippen LogP contribution in [0.3, 0.4) is 0 Å². The molecule has 0 aliphatic heterocycles. The van der Waals surface area contributed by atoms with Crippen molar-refractivity contribution < 1.29 is 14.6 Å². The molecule has 0 saturated carbocycles. The molecule has 102 valence electrons. The van der Waals surface area contributed by atoms with Gasteiger partial charge < -0.3 is 14.6 Å². The van der Waals surface area contributed by atoms with Gasteiger partial charge in [0.1, 0.15) is 12.3 Å². The topological polar surface area (TPSA) is 69.4 Å². The van der Waals surface area contributed by atoms with Gasteiger partial charge in [-0.15, -0.1) is 5.10 Å². The Morgan fingerprint density at radius 2 is 1.95 bits per heavy atom. The van der Waals surface area contributed by atoms with Crippen LogP contribution < -0.4 is 9.47 Å². The molecule has 0 amide bonds. The molecule has 0 spiro atoms. The highest BCUT2D eigenvalue weighted by Gasteiger charge is 2.04. The number of hydrogen-bond donors (Lipinski definition) is 1. The Labute approximate surface area is 111 Å². The number of nitrogens with zero attached hydrogens (tertiary/aromatic N) is 3. The second-order valence-corrected chi connectivity index (χ2v) is 3.86. The molecule has 1 heterocycles. The molecule has 0 saturated heterocycles. The van der Waals surface area contributed by atoms with Crippen LogP contribution in [0.25, 0.3) is 0 Å². The smallest absolute Gasteiger partial charge is 0.161 e. The normalized spacial score (nSPS) is 10.4. The van der Waals surface area contributed by atoms with Gasteiger partial charge in [-0.25, -0.2) is 4.68 Å². The number of benzene rings is 1. The predicted octanol–water partition coefficient (Wildman–Crippen LogP) is 1.25. The standard InChI is InChI=1S/C13H17N3O3/c1-2-18-12-5-3-4-6-13(12)19-8-7-16-9-11(10-17)14-15-16/h3-6,9,17H,2,7-8,10H2,1H3. The summed E-state index contributed by atoms with van der Waals surface area (Å²) in [5.74, 6) is 1.45. The zero-order valence-electron chi connectivity index (χ0n) is 10.8. The van der Waals surface area contributed by atoms with Crippen molar-refractivity contribution in [3.63, 3.8) is 0 Å². The lowest BCUT2D eigenvalue weighted by atomic mass is 10.3. The predicted molar refractivity (Wildman–Crippen MR) is 69.1 cm³/mol. The van der Waals surface area contributed by atoms with Crippen LogP contribution in [0.1, 0.15) is 12.6 Å². The molecule has 0 aliphatic rings. The van der Waals surface area contributed by atoms with Gasteiger partial charge in [-0.1, -0.05) is 17.3 Å². The van der Waals surface area contributed by atoms with Gasteiger partial charge in [-0.3, -0.25) is 0 Å². The van der Waals surface area contributed by atoms with Gasteiger partial charge in [0.15, 0.2) is 11.5 Å². The summed E-state index contributed by atoms with van der Waals surface area (Å²) in [4.78, 5) is 0. The van der Waals surface area contributed by atoms with Gasteiger partial charge in [0.2, 0.25) is 0 Å². The van der Waals surface area contributed by atoms with E-state index in [2.05, 4.69) is 10.3 Å². The summed E-state index contributed by atoms with van der Waals surface area (Å²) in [7, 11) is 0. The molecule has 0 bridgehead atoms. The molecule has 2 aromatic rings. The SMILES string of the molecule is CCOc1ccccc1OCCn1cc(CO)nn1. The van der Waals surface area contributed by atoms with Crippen molar-refractivity contribution in [2.24, 2.45) is 0 Å². The number of aliphatic hydroxyl groups is 1. The van der Waals surface area contributed by atoms with E-state index >= 15 is 0 Å². The maximum absolute atomic E-state index is 8.89. The number of rotatable bonds is 7. The fraction of sp³-hybridized carbons (Fsp3) is 0.385. The largest absolute Gasteiger partial charge is 0.490 e. The summed E-state index contributed by atoms with van der Waals surface area (Å²) in [6.07, 6.45) is 1.69. The summed E-state index contributed by atoms with van der Waals surface area (Å²) in [6, 6.07) is 7.55. The Hall–Kier alpha value is -2.08. The third-order valence-corrected chi connectivity index (χ3v) is 2.48. The van der Waals surface area contributed by atoms with Gasteiger partial charge in [-0.05, 0) is 19.1 Å². The van der Waals surface area contributed by atoms with E-state index < -0.39 is 0 Å². The molecule has 6 heteroatoms. The monoisotopic (exact) mass is 263 g/mol. The average Bonchev–Trinajstić information content (AvgIpc) is 2.89. The maximum Gasteiger partial charge on any atom is 0.161 e. The lowest BCUT2D eigenvalue weighted by Crippen LogP contribution is -2.09. The van der Waals surface area contributed by atoms with Crippen LogP contribution in [0.15, 0.2) is 30.5 Å². The Bertz CT molecular complexity index is 513. The zero-order valence-corrected chi connectivity index (χ0v) is 10.8. The van der Waals surface area contributed by atoms with Crippen LogP contribution in [0, 0.1) is 0 Å². The van der Waals surface area contributed by atoms with E-state index in [-0.39, 0.29) is 6.61 Å². The van der Waals surface area contributed by atoms with Crippen molar-refractivity contribution in [3.8, 4) is 11.5 Å². The highest BCUT2D eigenvalue weighted by Crippen LogP contribution is 2.26. The summed E-state index contributed by atoms with van der Waals surface area (Å²) in [5, 5.41) is 16.5. The van der Waals surface area contributed by atoms with E-state index in [1.165, 1.54) is 0 Å². The quantitative estimate of drug-likeness (QED) is 0.814. The first-order valence-electron chi connectivity index (χ1n) is 6.18. The number of ether oxygens (including phenoxy) is 2. The summed E-state index contributed by atoms with van der Waals surface area (Å²) >= 11 is 0. The third kappa shape index (κ3) is 3.69. The molecule has 1 aromatic carbocycles. The minimum atomic E-state index is -0.103. The highest BCUT2D eigenvalue weighted by molar-refractivity contribution is 5.39. The minimum Gasteiger partial charge on any atom is -0.490 e. The molecular formula is C13H17N3O3. The fourth-order valence-corrected chi connectivity index (χ4v) is 1.61. The number of hydrogen-bond acceptors (Lipinski definition) is 5. The number of aliphatic hydroxyl groups excluding tert-OH is 1. The van der Waals surface area contributed by atoms with Crippen molar-refractivity contribution in [1.82, 2.24) is 15.0 Å². The van der Waals surface area contributed by atoms with Crippen LogP contribution in [-0.4, -0.2) is 33.3 Å². The van der Waals surface area contributed by atoms with Crippen LogP contribution in [0.2, 0.25) is 0 Å². The molecule has 1 N–H and O–H groups in total. The third-order valence-electron chi connectivity index (χ3n) is 2.48. The van der Waals surface area contributed by atoms with Crippen molar-refractivity contribution in [2.75, 3.05) is 13.2 Å². The van der Waals surface area contributed by atoms with Gasteiger partial charge in [0, 0.05) is 0 Å². The van der Waals surface area contributed by atoms with E-state index in [0.717, 1.165) is 5.75 Å². The first kappa shape index (κ1) is 13.4. The Morgan fingerprint density at radius 1 is 1.21 bits per heavy atom. The van der Waals surface area contributed by atoms with Crippen molar-refractivity contribution in [3.05, 3.63) is 36.2 Å². The van der Waals surface area contributed by atoms with E-state index in [1.807, 2.05) is 31.2 Å². The lowest BCUT2D eigenvalue weighted by molar-refractivity contribution is 0.261. The summed E-state index contributed by atoms with van der Waals surface area (Å²) < 4.78 is 12.8. The van der Waals surface area contributed by atoms with Crippen molar-refractivity contribution >= 4 is 0 Å². The fourth-order valence-electron chi connectivity index (χ4n) is 1.61. The van der Waals surface area contributed by atoms with E-state index in [1.54, 1.807) is 10.9 Å². The molecular weight excluding hydrogens is 246 g/mol. The molecule has 0 radical (unpaired) electrons. The molecule has 0 aliphatic carbocycles. The molecule has 6 nitrogen and oxygen atoms in total. The van der Waals surface area contributed by atoms with Gasteiger partial charge in [0.05, 0.1) is 26.0 Å². The van der Waals surface area contributed by atoms with Crippen LogP contribution in [0.5, 0.6) is 11.5 Å². The number of aromatic nitrogens is 3. The van der Waals surface area contributed by atoms with Gasteiger partial charge >= 0.3 is 0 Å². The maximum atomic E-state index is 8.89. The van der Waals surface area contributed by atoms with Crippen LogP contribution >= 0.6 is 0 Å². The first-order chi connectivity index (χ1) is 9.33. The van der Waals surface area contributed by atoms with Crippen LogP contribution in [-0.2, 0) is 13.2 Å². The highest BCUT2D eigenvalue weighted by atomic mass is 16.5. The summed E-state index contributed by atoms with van der Waals surface area (Å²) in [5.41, 5.74) is 0.551. The van der Waals surface area contributed by atoms with Gasteiger partial charge in [-0.2, -0.15) is 0 Å². The first-order valence-corrected chi connectivity index (χ1v) is 6.18. The average molecular weight is 263 g/mol. The second kappa shape index (κ2) is 6.75. The Kier molecular flexibility index (Phi) is 4.74. The lowest BCUT2D eigenvalue weighted by Gasteiger charge is -2.11. The van der Waals surface area contributed by atoms with Crippen molar-refractivity contribution in [2.45, 2.75) is 20.1 Å². The van der Waals surface area contributed by atoms with E-state index in [0.29, 0.717) is 31.2 Å². The Morgan fingerprint density at radius 3 is 2.58 bits per heavy atom. The molecule has 1 aromatic heterocycles. The number of para-hydroxylation sites is 2. The van der Waals surface area contributed by atoms with E-state index in [9.17, 15) is 0 Å². The molecule has 19 heavy (non-hydrogen) atoms. The van der Waals surface area contributed by atoms with E-state index in [4.69, 9.17) is 14.6 Å². The molecule has 0 atom stereocenters. The molecule has 0 fully saturated rings. The van der Waals surface area contributed by atoms with Crippen LogP contribution in [0.4, 0.5) is 0 Å². The molecule has 0 unspecified atom stereocenters. The summed E-state index contributed by atoms with van der Waals surface area (Å²) in [6.45, 7) is 3.45. The molecule has 2 rings (SSSR count). The minimum absolute atomic E-state index is 0.103. The second-order valence-electron chi connectivity index (χ2n) is 3.86. The zero-order chi connectivity index (χ0) is 13.5. The van der Waals surface area contributed by atoms with Gasteiger partial charge in [0.25, 0.3) is 0 Å².